The zero-order valence-corrected chi connectivity index (χ0v) is 10.0. The van der Waals surface area contributed by atoms with Gasteiger partial charge in [0.2, 0.25) is 0 Å². The van der Waals surface area contributed by atoms with Gasteiger partial charge in [-0.15, -0.1) is 0 Å². The minimum atomic E-state index is 0.897. The summed E-state index contributed by atoms with van der Waals surface area (Å²) in [6.45, 7) is 6.31. The maximum absolute atomic E-state index is 5.54. The van der Waals surface area contributed by atoms with E-state index in [1.165, 1.54) is 16.5 Å². The Morgan fingerprint density at radius 3 is 2.88 bits per heavy atom. The van der Waals surface area contributed by atoms with E-state index in [9.17, 15) is 0 Å². The number of benzene rings is 1. The molecular weight excluding hydrogens is 198 g/mol. The SMILES string of the molecule is CCCNCc1coc2ccc(CC)cc12. The Kier molecular flexibility index (Phi) is 3.62. The number of hydrogen-bond donors (Lipinski definition) is 1. The van der Waals surface area contributed by atoms with E-state index < -0.39 is 0 Å². The van der Waals surface area contributed by atoms with Gasteiger partial charge in [-0.2, -0.15) is 0 Å². The summed E-state index contributed by atoms with van der Waals surface area (Å²) in [5.41, 5.74) is 3.62. The number of hydrogen-bond acceptors (Lipinski definition) is 2. The molecule has 0 spiro atoms. The van der Waals surface area contributed by atoms with E-state index >= 15 is 0 Å². The van der Waals surface area contributed by atoms with Crippen molar-refractivity contribution in [2.45, 2.75) is 33.2 Å². The quantitative estimate of drug-likeness (QED) is 0.775. The van der Waals surface area contributed by atoms with E-state index in [-0.39, 0.29) is 0 Å². The van der Waals surface area contributed by atoms with Crippen LogP contribution in [0.25, 0.3) is 11.0 Å². The third-order valence-corrected chi connectivity index (χ3v) is 2.87. The van der Waals surface area contributed by atoms with Gasteiger partial charge in [0.1, 0.15) is 5.58 Å². The second-order valence-corrected chi connectivity index (χ2v) is 4.12. The van der Waals surface area contributed by atoms with Crippen molar-refractivity contribution in [2.75, 3.05) is 6.54 Å². The molecule has 86 valence electrons. The first-order valence-electron chi connectivity index (χ1n) is 6.04. The lowest BCUT2D eigenvalue weighted by Gasteiger charge is -2.01. The number of rotatable bonds is 5. The van der Waals surface area contributed by atoms with Gasteiger partial charge in [0.15, 0.2) is 0 Å². The van der Waals surface area contributed by atoms with E-state index in [1.54, 1.807) is 0 Å². The molecule has 0 aliphatic heterocycles. The molecule has 1 N–H and O–H groups in total. The summed E-state index contributed by atoms with van der Waals surface area (Å²) in [4.78, 5) is 0. The molecule has 0 atom stereocenters. The summed E-state index contributed by atoms with van der Waals surface area (Å²) in [6, 6.07) is 6.44. The summed E-state index contributed by atoms with van der Waals surface area (Å²) >= 11 is 0. The Bertz CT molecular complexity index is 459. The van der Waals surface area contributed by atoms with Crippen molar-refractivity contribution in [3.05, 3.63) is 35.6 Å². The summed E-state index contributed by atoms with van der Waals surface area (Å²) in [5.74, 6) is 0. The molecule has 1 aromatic carbocycles. The van der Waals surface area contributed by atoms with Crippen LogP contribution in [0.3, 0.4) is 0 Å². The van der Waals surface area contributed by atoms with Gasteiger partial charge in [-0.05, 0) is 37.1 Å². The minimum absolute atomic E-state index is 0.897. The van der Waals surface area contributed by atoms with Crippen molar-refractivity contribution < 1.29 is 4.42 Å². The van der Waals surface area contributed by atoms with Gasteiger partial charge >= 0.3 is 0 Å². The molecule has 2 aromatic rings. The lowest BCUT2D eigenvalue weighted by atomic mass is 10.1. The molecule has 2 nitrogen and oxygen atoms in total. The van der Waals surface area contributed by atoms with Crippen LogP contribution in [0.2, 0.25) is 0 Å². The van der Waals surface area contributed by atoms with Crippen LogP contribution in [-0.4, -0.2) is 6.54 Å². The number of fused-ring (bicyclic) bond motifs is 1. The van der Waals surface area contributed by atoms with Crippen LogP contribution in [-0.2, 0) is 13.0 Å². The van der Waals surface area contributed by atoms with Crippen LogP contribution in [0.15, 0.2) is 28.9 Å². The van der Waals surface area contributed by atoms with E-state index in [0.29, 0.717) is 0 Å². The number of nitrogens with one attached hydrogen (secondary N) is 1. The molecule has 0 bridgehead atoms. The fourth-order valence-corrected chi connectivity index (χ4v) is 1.89. The van der Waals surface area contributed by atoms with Gasteiger partial charge in [0.25, 0.3) is 0 Å². The monoisotopic (exact) mass is 217 g/mol. The van der Waals surface area contributed by atoms with E-state index in [4.69, 9.17) is 4.42 Å². The average Bonchev–Trinajstić information content (AvgIpc) is 2.72. The smallest absolute Gasteiger partial charge is 0.134 e. The zero-order valence-electron chi connectivity index (χ0n) is 10.0. The molecule has 2 rings (SSSR count). The van der Waals surface area contributed by atoms with Crippen molar-refractivity contribution in [1.82, 2.24) is 5.32 Å². The van der Waals surface area contributed by atoms with Gasteiger partial charge in [-0.1, -0.05) is 19.9 Å². The largest absolute Gasteiger partial charge is 0.464 e. The maximum Gasteiger partial charge on any atom is 0.134 e. The Morgan fingerprint density at radius 2 is 2.12 bits per heavy atom. The third-order valence-electron chi connectivity index (χ3n) is 2.87. The van der Waals surface area contributed by atoms with E-state index in [1.807, 2.05) is 6.26 Å². The highest BCUT2D eigenvalue weighted by atomic mass is 16.3. The lowest BCUT2D eigenvalue weighted by Crippen LogP contribution is -2.13. The molecule has 2 heteroatoms. The summed E-state index contributed by atoms with van der Waals surface area (Å²) in [7, 11) is 0. The second kappa shape index (κ2) is 5.17. The lowest BCUT2D eigenvalue weighted by molar-refractivity contribution is 0.601. The topological polar surface area (TPSA) is 25.2 Å². The van der Waals surface area contributed by atoms with Crippen LogP contribution in [0, 0.1) is 0 Å². The Labute approximate surface area is 96.6 Å². The molecule has 0 aliphatic carbocycles. The molecule has 0 unspecified atom stereocenters. The molecular formula is C14H19NO. The molecule has 0 aliphatic rings. The maximum atomic E-state index is 5.54. The van der Waals surface area contributed by atoms with Crippen molar-refractivity contribution >= 4 is 11.0 Å². The molecule has 0 radical (unpaired) electrons. The third kappa shape index (κ3) is 2.27. The first kappa shape index (κ1) is 11.2. The predicted molar refractivity (Wildman–Crippen MR) is 67.6 cm³/mol. The Balaban J connectivity index is 2.24. The van der Waals surface area contributed by atoms with Gasteiger partial charge in [0, 0.05) is 17.5 Å². The molecule has 16 heavy (non-hydrogen) atoms. The van der Waals surface area contributed by atoms with E-state index in [0.717, 1.165) is 31.5 Å². The minimum Gasteiger partial charge on any atom is -0.464 e. The molecule has 0 fully saturated rings. The summed E-state index contributed by atoms with van der Waals surface area (Å²) < 4.78 is 5.54. The van der Waals surface area contributed by atoms with Crippen molar-refractivity contribution in [2.24, 2.45) is 0 Å². The van der Waals surface area contributed by atoms with Crippen LogP contribution >= 0.6 is 0 Å². The van der Waals surface area contributed by atoms with Crippen molar-refractivity contribution in [3.8, 4) is 0 Å². The summed E-state index contributed by atoms with van der Waals surface area (Å²) in [6.07, 6.45) is 4.10. The normalized spacial score (nSPS) is 11.1. The fraction of sp³-hybridized carbons (Fsp3) is 0.429. The second-order valence-electron chi connectivity index (χ2n) is 4.12. The first-order valence-corrected chi connectivity index (χ1v) is 6.04. The van der Waals surface area contributed by atoms with Crippen LogP contribution in [0.1, 0.15) is 31.4 Å². The average molecular weight is 217 g/mol. The zero-order chi connectivity index (χ0) is 11.4. The molecule has 0 saturated heterocycles. The van der Waals surface area contributed by atoms with Gasteiger partial charge in [0.05, 0.1) is 6.26 Å². The number of aryl methyl sites for hydroxylation is 1. The Hall–Kier alpha value is -1.28. The van der Waals surface area contributed by atoms with Crippen molar-refractivity contribution in [1.29, 1.82) is 0 Å². The highest BCUT2D eigenvalue weighted by Crippen LogP contribution is 2.22. The van der Waals surface area contributed by atoms with Gasteiger partial charge in [-0.3, -0.25) is 0 Å². The standard InChI is InChI=1S/C14H19NO/c1-3-7-15-9-12-10-16-14-6-5-11(4-2)8-13(12)14/h5-6,8,10,15H,3-4,7,9H2,1-2H3. The first-order chi connectivity index (χ1) is 7.85. The van der Waals surface area contributed by atoms with E-state index in [2.05, 4.69) is 37.4 Å². The van der Waals surface area contributed by atoms with Gasteiger partial charge in [-0.25, -0.2) is 0 Å². The van der Waals surface area contributed by atoms with Crippen LogP contribution in [0.5, 0.6) is 0 Å². The molecule has 0 amide bonds. The molecule has 0 saturated carbocycles. The highest BCUT2D eigenvalue weighted by molar-refractivity contribution is 5.81. The van der Waals surface area contributed by atoms with Crippen LogP contribution < -0.4 is 5.32 Å². The van der Waals surface area contributed by atoms with Gasteiger partial charge < -0.3 is 9.73 Å². The molecule has 1 heterocycles. The fourth-order valence-electron chi connectivity index (χ4n) is 1.89. The summed E-state index contributed by atoms with van der Waals surface area (Å²) in [5, 5.41) is 4.66. The number of furan rings is 1. The van der Waals surface area contributed by atoms with Crippen molar-refractivity contribution in [3.63, 3.8) is 0 Å². The Morgan fingerprint density at radius 1 is 1.25 bits per heavy atom. The van der Waals surface area contributed by atoms with Crippen LogP contribution in [0.4, 0.5) is 0 Å². The highest BCUT2D eigenvalue weighted by Gasteiger charge is 2.05. The predicted octanol–water partition coefficient (Wildman–Crippen LogP) is 3.49. The molecule has 1 aromatic heterocycles.